The molecule has 0 atom stereocenters. The van der Waals surface area contributed by atoms with Crippen LogP contribution in [0.3, 0.4) is 0 Å². The first-order valence-corrected chi connectivity index (χ1v) is 11.5. The topological polar surface area (TPSA) is 42.7 Å². The number of fused-ring (bicyclic) bond motifs is 3. The Morgan fingerprint density at radius 2 is 1.57 bits per heavy atom. The molecule has 0 radical (unpaired) electrons. The van der Waals surface area contributed by atoms with Gasteiger partial charge in [-0.3, -0.25) is 9.69 Å². The van der Waals surface area contributed by atoms with Gasteiger partial charge in [-0.05, 0) is 53.9 Å². The lowest BCUT2D eigenvalue weighted by molar-refractivity contribution is -0.152. The summed E-state index contributed by atoms with van der Waals surface area (Å²) in [5.41, 5.74) is 0.135. The molecule has 1 aromatic heterocycles. The van der Waals surface area contributed by atoms with Crippen LogP contribution in [-0.2, 0) is 19.1 Å². The number of hydrogen-bond donors (Lipinski definition) is 0. The van der Waals surface area contributed by atoms with E-state index in [1.807, 2.05) is 17.0 Å². The molecule has 5 rings (SSSR count). The number of rotatable bonds is 4. The van der Waals surface area contributed by atoms with Gasteiger partial charge in [-0.1, -0.05) is 47.5 Å². The van der Waals surface area contributed by atoms with E-state index in [9.17, 15) is 18.0 Å². The molecule has 1 aliphatic rings. The number of ether oxygens (including phenoxy) is 1. The largest absolute Gasteiger partial charge is 0.478 e. The van der Waals surface area contributed by atoms with Crippen LogP contribution in [0.25, 0.3) is 22.1 Å². The van der Waals surface area contributed by atoms with Crippen molar-refractivity contribution in [3.05, 3.63) is 97.8 Å². The zero-order valence-electron chi connectivity index (χ0n) is 18.2. The van der Waals surface area contributed by atoms with Crippen LogP contribution >= 0.6 is 23.2 Å². The van der Waals surface area contributed by atoms with Crippen molar-refractivity contribution < 1.29 is 22.3 Å². The van der Waals surface area contributed by atoms with Crippen LogP contribution in [0, 0.1) is 0 Å². The van der Waals surface area contributed by atoms with E-state index in [1.54, 1.807) is 18.2 Å². The molecule has 0 saturated heterocycles. The SMILES string of the molecule is O=c1c(-c2ccc(Cl)cc2)c(C(F)(F)F)oc2c3c(ccc12)OCN(CCc1ccc(Cl)cc1)C3. The number of hydrogen-bond acceptors (Lipinski definition) is 4. The number of halogens is 5. The van der Waals surface area contributed by atoms with Crippen LogP contribution in [0.4, 0.5) is 13.2 Å². The standard InChI is InChI=1S/C26H18Cl2F3NO3/c27-17-5-1-15(2-6-17)11-12-32-13-20-21(34-14-32)10-9-19-23(33)22(16-3-7-18(28)8-4-16)25(26(29,30)31)35-24(19)20/h1-10H,11-14H2. The highest BCUT2D eigenvalue weighted by atomic mass is 35.5. The molecule has 0 unspecified atom stereocenters. The predicted octanol–water partition coefficient (Wildman–Crippen LogP) is 7.18. The lowest BCUT2D eigenvalue weighted by Gasteiger charge is -2.29. The summed E-state index contributed by atoms with van der Waals surface area (Å²) in [6.45, 7) is 1.14. The van der Waals surface area contributed by atoms with Crippen molar-refractivity contribution in [1.82, 2.24) is 4.90 Å². The van der Waals surface area contributed by atoms with Crippen molar-refractivity contribution in [3.8, 4) is 16.9 Å². The smallest absolute Gasteiger partial charge is 0.450 e. The van der Waals surface area contributed by atoms with E-state index in [0.29, 0.717) is 34.3 Å². The van der Waals surface area contributed by atoms with Gasteiger partial charge in [-0.25, -0.2) is 0 Å². The molecule has 4 aromatic rings. The lowest BCUT2D eigenvalue weighted by Crippen LogP contribution is -2.34. The molecule has 0 amide bonds. The molecule has 9 heteroatoms. The van der Waals surface area contributed by atoms with Gasteiger partial charge in [0.2, 0.25) is 11.2 Å². The number of nitrogens with zero attached hydrogens (tertiary/aromatic N) is 1. The van der Waals surface area contributed by atoms with Crippen LogP contribution in [0.1, 0.15) is 16.9 Å². The van der Waals surface area contributed by atoms with Crippen molar-refractivity contribution >= 4 is 34.2 Å². The normalized spacial score (nSPS) is 14.1. The number of benzene rings is 3. The maximum Gasteiger partial charge on any atom is 0.450 e. The average molecular weight is 520 g/mol. The lowest BCUT2D eigenvalue weighted by atomic mass is 10.00. The first-order valence-electron chi connectivity index (χ1n) is 10.8. The van der Waals surface area contributed by atoms with Crippen LogP contribution in [0.2, 0.25) is 10.0 Å². The van der Waals surface area contributed by atoms with Crippen LogP contribution < -0.4 is 10.2 Å². The Labute approximate surface area is 208 Å². The summed E-state index contributed by atoms with van der Waals surface area (Å²) in [5.74, 6) is -0.945. The molecule has 0 bridgehead atoms. The van der Waals surface area contributed by atoms with E-state index >= 15 is 0 Å². The molecule has 35 heavy (non-hydrogen) atoms. The van der Waals surface area contributed by atoms with Gasteiger partial charge < -0.3 is 9.15 Å². The Kier molecular flexibility index (Phi) is 6.25. The summed E-state index contributed by atoms with van der Waals surface area (Å²) >= 11 is 11.8. The Bertz CT molecular complexity index is 1450. The molecule has 1 aliphatic heterocycles. The summed E-state index contributed by atoms with van der Waals surface area (Å²) in [7, 11) is 0. The van der Waals surface area contributed by atoms with Gasteiger partial charge >= 0.3 is 6.18 Å². The Hall–Kier alpha value is -3.00. The monoisotopic (exact) mass is 519 g/mol. The third kappa shape index (κ3) is 4.76. The summed E-state index contributed by atoms with van der Waals surface area (Å²) in [6, 6.07) is 16.1. The molecule has 0 aliphatic carbocycles. The minimum atomic E-state index is -4.88. The van der Waals surface area contributed by atoms with Gasteiger partial charge in [0.05, 0.1) is 16.5 Å². The predicted molar refractivity (Wildman–Crippen MR) is 129 cm³/mol. The highest BCUT2D eigenvalue weighted by Crippen LogP contribution is 2.40. The van der Waals surface area contributed by atoms with E-state index in [0.717, 1.165) is 5.56 Å². The van der Waals surface area contributed by atoms with Crippen molar-refractivity contribution in [1.29, 1.82) is 0 Å². The van der Waals surface area contributed by atoms with E-state index in [4.69, 9.17) is 32.4 Å². The third-order valence-electron chi connectivity index (χ3n) is 5.93. The molecule has 180 valence electrons. The summed E-state index contributed by atoms with van der Waals surface area (Å²) in [5, 5.41) is 1.05. The number of alkyl halides is 3. The quantitative estimate of drug-likeness (QED) is 0.286. The van der Waals surface area contributed by atoms with Gasteiger partial charge in [0.15, 0.2) is 0 Å². The molecular formula is C26H18Cl2F3NO3. The second kappa shape index (κ2) is 9.22. The molecule has 0 saturated carbocycles. The fraction of sp³-hybridized carbons (Fsp3) is 0.192. The molecule has 2 heterocycles. The summed E-state index contributed by atoms with van der Waals surface area (Å²) < 4.78 is 53.4. The van der Waals surface area contributed by atoms with Crippen LogP contribution in [0.15, 0.2) is 69.9 Å². The molecule has 0 spiro atoms. The van der Waals surface area contributed by atoms with E-state index in [-0.39, 0.29) is 29.8 Å². The summed E-state index contributed by atoms with van der Waals surface area (Å²) in [6.07, 6.45) is -4.19. The molecule has 0 N–H and O–H groups in total. The molecular weight excluding hydrogens is 502 g/mol. The molecule has 4 nitrogen and oxygen atoms in total. The summed E-state index contributed by atoms with van der Waals surface area (Å²) in [4.78, 5) is 15.3. The maximum atomic E-state index is 14.1. The second-order valence-electron chi connectivity index (χ2n) is 8.26. The van der Waals surface area contributed by atoms with Crippen molar-refractivity contribution in [2.24, 2.45) is 0 Å². The minimum Gasteiger partial charge on any atom is -0.478 e. The molecule has 0 fully saturated rings. The van der Waals surface area contributed by atoms with Gasteiger partial charge in [0.25, 0.3) is 0 Å². The highest BCUT2D eigenvalue weighted by Gasteiger charge is 2.40. The first kappa shape index (κ1) is 23.7. The van der Waals surface area contributed by atoms with Crippen LogP contribution in [0.5, 0.6) is 5.75 Å². The zero-order chi connectivity index (χ0) is 24.7. The van der Waals surface area contributed by atoms with Gasteiger partial charge in [0, 0.05) is 23.1 Å². The Morgan fingerprint density at radius 1 is 0.914 bits per heavy atom. The van der Waals surface area contributed by atoms with Crippen LogP contribution in [-0.4, -0.2) is 18.2 Å². The van der Waals surface area contributed by atoms with Gasteiger partial charge in [-0.2, -0.15) is 13.2 Å². The van der Waals surface area contributed by atoms with Crippen molar-refractivity contribution in [2.45, 2.75) is 19.1 Å². The third-order valence-corrected chi connectivity index (χ3v) is 6.43. The highest BCUT2D eigenvalue weighted by molar-refractivity contribution is 6.30. The fourth-order valence-electron chi connectivity index (χ4n) is 4.17. The first-order chi connectivity index (χ1) is 16.7. The van der Waals surface area contributed by atoms with E-state index in [1.165, 1.54) is 30.3 Å². The van der Waals surface area contributed by atoms with E-state index in [2.05, 4.69) is 0 Å². The zero-order valence-corrected chi connectivity index (χ0v) is 19.7. The molecule has 3 aromatic carbocycles. The fourth-order valence-corrected chi connectivity index (χ4v) is 4.42. The van der Waals surface area contributed by atoms with Crippen molar-refractivity contribution in [3.63, 3.8) is 0 Å². The maximum absolute atomic E-state index is 14.1. The Balaban J connectivity index is 1.56. The van der Waals surface area contributed by atoms with E-state index < -0.39 is 22.9 Å². The second-order valence-corrected chi connectivity index (χ2v) is 9.13. The average Bonchev–Trinajstić information content (AvgIpc) is 2.83. The van der Waals surface area contributed by atoms with Gasteiger partial charge in [-0.15, -0.1) is 0 Å². The van der Waals surface area contributed by atoms with Gasteiger partial charge in [0.1, 0.15) is 18.1 Å². The minimum absolute atomic E-state index is 0.0600. The Morgan fingerprint density at radius 3 is 2.23 bits per heavy atom. The van der Waals surface area contributed by atoms with Crippen molar-refractivity contribution in [2.75, 3.05) is 13.3 Å².